The molecular formula is C11H7BrN2O4. The number of phenolic OH excluding ortho intramolecular Hbond substituents is 1. The highest BCUT2D eigenvalue weighted by Gasteiger charge is 2.12. The van der Waals surface area contributed by atoms with Crippen molar-refractivity contribution < 1.29 is 14.8 Å². The smallest absolute Gasteiger partial charge is 0.288 e. The van der Waals surface area contributed by atoms with Crippen molar-refractivity contribution >= 4 is 21.6 Å². The molecule has 0 aliphatic heterocycles. The standard InChI is InChI=1S/C11H7BrN2O4/c12-10-4-7(14(16)17)6-13-11(10)18-9-3-1-2-8(15)5-9/h1-6,15H. The zero-order valence-electron chi connectivity index (χ0n) is 8.91. The summed E-state index contributed by atoms with van der Waals surface area (Å²) >= 11 is 3.14. The van der Waals surface area contributed by atoms with Gasteiger partial charge in [-0.2, -0.15) is 0 Å². The minimum atomic E-state index is -0.546. The summed E-state index contributed by atoms with van der Waals surface area (Å²) in [4.78, 5) is 13.8. The second-order valence-corrected chi connectivity index (χ2v) is 4.19. The third-order valence-electron chi connectivity index (χ3n) is 2.04. The Kier molecular flexibility index (Phi) is 3.42. The highest BCUT2D eigenvalue weighted by atomic mass is 79.9. The van der Waals surface area contributed by atoms with Gasteiger partial charge in [-0.15, -0.1) is 0 Å². The number of aromatic hydroxyl groups is 1. The second kappa shape index (κ2) is 5.01. The summed E-state index contributed by atoms with van der Waals surface area (Å²) in [6, 6.07) is 7.46. The van der Waals surface area contributed by atoms with Crippen LogP contribution in [0.4, 0.5) is 5.69 Å². The minimum Gasteiger partial charge on any atom is -0.508 e. The molecule has 1 aromatic heterocycles. The summed E-state index contributed by atoms with van der Waals surface area (Å²) in [5.74, 6) is 0.633. The summed E-state index contributed by atoms with van der Waals surface area (Å²) in [6.45, 7) is 0. The van der Waals surface area contributed by atoms with E-state index in [0.717, 1.165) is 6.20 Å². The van der Waals surface area contributed by atoms with Gasteiger partial charge in [0.15, 0.2) is 0 Å². The average Bonchev–Trinajstić information content (AvgIpc) is 2.31. The normalized spacial score (nSPS) is 10.1. The van der Waals surface area contributed by atoms with Gasteiger partial charge in [0.1, 0.15) is 17.7 Å². The van der Waals surface area contributed by atoms with Gasteiger partial charge in [-0.25, -0.2) is 4.98 Å². The Morgan fingerprint density at radius 3 is 2.78 bits per heavy atom. The third kappa shape index (κ3) is 2.75. The molecule has 0 radical (unpaired) electrons. The van der Waals surface area contributed by atoms with E-state index in [9.17, 15) is 15.2 Å². The maximum absolute atomic E-state index is 10.5. The van der Waals surface area contributed by atoms with E-state index in [-0.39, 0.29) is 17.3 Å². The molecule has 0 bridgehead atoms. The van der Waals surface area contributed by atoms with Gasteiger partial charge in [0.2, 0.25) is 5.88 Å². The summed E-state index contributed by atoms with van der Waals surface area (Å²) < 4.78 is 5.75. The number of phenols is 1. The number of halogens is 1. The molecule has 0 saturated carbocycles. The third-order valence-corrected chi connectivity index (χ3v) is 2.60. The molecule has 92 valence electrons. The fourth-order valence-electron chi connectivity index (χ4n) is 1.25. The molecule has 1 N–H and O–H groups in total. The lowest BCUT2D eigenvalue weighted by Crippen LogP contribution is -1.93. The fraction of sp³-hybridized carbons (Fsp3) is 0. The molecule has 18 heavy (non-hydrogen) atoms. The van der Waals surface area contributed by atoms with Gasteiger partial charge >= 0.3 is 0 Å². The van der Waals surface area contributed by atoms with Crippen LogP contribution in [0.15, 0.2) is 41.0 Å². The Morgan fingerprint density at radius 1 is 1.39 bits per heavy atom. The van der Waals surface area contributed by atoms with E-state index >= 15 is 0 Å². The van der Waals surface area contributed by atoms with Gasteiger partial charge < -0.3 is 9.84 Å². The number of benzene rings is 1. The number of hydrogen-bond acceptors (Lipinski definition) is 5. The Hall–Kier alpha value is -2.15. The van der Waals surface area contributed by atoms with Crippen molar-refractivity contribution in [2.45, 2.75) is 0 Å². The first kappa shape index (κ1) is 12.3. The number of ether oxygens (including phenoxy) is 1. The van der Waals surface area contributed by atoms with Gasteiger partial charge in [0, 0.05) is 12.1 Å². The van der Waals surface area contributed by atoms with E-state index in [0.29, 0.717) is 10.2 Å². The van der Waals surface area contributed by atoms with E-state index < -0.39 is 4.92 Å². The van der Waals surface area contributed by atoms with E-state index in [2.05, 4.69) is 20.9 Å². The van der Waals surface area contributed by atoms with Crippen LogP contribution in [0.2, 0.25) is 0 Å². The monoisotopic (exact) mass is 310 g/mol. The maximum Gasteiger partial charge on any atom is 0.288 e. The number of hydrogen-bond donors (Lipinski definition) is 1. The molecular weight excluding hydrogens is 304 g/mol. The molecule has 6 nitrogen and oxygen atoms in total. The van der Waals surface area contributed by atoms with Crippen LogP contribution >= 0.6 is 15.9 Å². The molecule has 0 spiro atoms. The lowest BCUT2D eigenvalue weighted by atomic mass is 10.3. The SMILES string of the molecule is O=[N+]([O-])c1cnc(Oc2cccc(O)c2)c(Br)c1. The molecule has 7 heteroatoms. The largest absolute Gasteiger partial charge is 0.508 e. The van der Waals surface area contributed by atoms with Gasteiger partial charge in [-0.05, 0) is 28.1 Å². The predicted octanol–water partition coefficient (Wildman–Crippen LogP) is 3.25. The molecule has 0 saturated heterocycles. The van der Waals surface area contributed by atoms with Crippen LogP contribution in [0.25, 0.3) is 0 Å². The molecule has 0 atom stereocenters. The summed E-state index contributed by atoms with van der Waals surface area (Å²) in [7, 11) is 0. The van der Waals surface area contributed by atoms with Crippen molar-refractivity contribution in [2.24, 2.45) is 0 Å². The van der Waals surface area contributed by atoms with Gasteiger partial charge in [-0.3, -0.25) is 10.1 Å². The van der Waals surface area contributed by atoms with Crippen molar-refractivity contribution in [1.29, 1.82) is 0 Å². The quantitative estimate of drug-likeness (QED) is 0.694. The van der Waals surface area contributed by atoms with E-state index in [4.69, 9.17) is 4.74 Å². The highest BCUT2D eigenvalue weighted by Crippen LogP contribution is 2.31. The van der Waals surface area contributed by atoms with Crippen LogP contribution in [-0.2, 0) is 0 Å². The molecule has 1 heterocycles. The van der Waals surface area contributed by atoms with E-state index in [1.807, 2.05) is 0 Å². The summed E-state index contributed by atoms with van der Waals surface area (Å²) in [5, 5.41) is 19.8. The van der Waals surface area contributed by atoms with E-state index in [1.54, 1.807) is 12.1 Å². The lowest BCUT2D eigenvalue weighted by molar-refractivity contribution is -0.385. The van der Waals surface area contributed by atoms with Crippen LogP contribution in [0.3, 0.4) is 0 Å². The van der Waals surface area contributed by atoms with Gasteiger partial charge in [0.25, 0.3) is 5.69 Å². The fourth-order valence-corrected chi connectivity index (χ4v) is 1.67. The first-order valence-electron chi connectivity index (χ1n) is 4.83. The molecule has 0 fully saturated rings. The van der Waals surface area contributed by atoms with Crippen molar-refractivity contribution in [1.82, 2.24) is 4.98 Å². The van der Waals surface area contributed by atoms with Gasteiger partial charge in [-0.1, -0.05) is 6.07 Å². The van der Waals surface area contributed by atoms with Crippen molar-refractivity contribution in [3.63, 3.8) is 0 Å². The average molecular weight is 311 g/mol. The zero-order valence-corrected chi connectivity index (χ0v) is 10.5. The van der Waals surface area contributed by atoms with Crippen LogP contribution in [0, 0.1) is 10.1 Å². The Morgan fingerprint density at radius 2 is 2.17 bits per heavy atom. The molecule has 2 aromatic rings. The summed E-state index contributed by atoms with van der Waals surface area (Å²) in [6.07, 6.45) is 1.10. The predicted molar refractivity (Wildman–Crippen MR) is 66.8 cm³/mol. The number of aromatic nitrogens is 1. The molecule has 2 rings (SSSR count). The van der Waals surface area contributed by atoms with Crippen molar-refractivity contribution in [2.75, 3.05) is 0 Å². The van der Waals surface area contributed by atoms with Crippen LogP contribution in [-0.4, -0.2) is 15.0 Å². The number of rotatable bonds is 3. The van der Waals surface area contributed by atoms with Crippen molar-refractivity contribution in [3.05, 3.63) is 51.1 Å². The highest BCUT2D eigenvalue weighted by molar-refractivity contribution is 9.10. The summed E-state index contributed by atoms with van der Waals surface area (Å²) in [5.41, 5.74) is -0.134. The minimum absolute atomic E-state index is 0.0607. The Labute approximate surface area is 110 Å². The van der Waals surface area contributed by atoms with Crippen LogP contribution in [0.1, 0.15) is 0 Å². The molecule has 0 unspecified atom stereocenters. The van der Waals surface area contributed by atoms with Crippen molar-refractivity contribution in [3.8, 4) is 17.4 Å². The molecule has 0 aliphatic rings. The first-order valence-corrected chi connectivity index (χ1v) is 5.62. The lowest BCUT2D eigenvalue weighted by Gasteiger charge is -2.06. The molecule has 0 amide bonds. The van der Waals surface area contributed by atoms with Gasteiger partial charge in [0.05, 0.1) is 9.40 Å². The zero-order chi connectivity index (χ0) is 13.1. The van der Waals surface area contributed by atoms with Crippen LogP contribution < -0.4 is 4.74 Å². The van der Waals surface area contributed by atoms with Crippen LogP contribution in [0.5, 0.6) is 17.4 Å². The Balaban J connectivity index is 2.27. The maximum atomic E-state index is 10.5. The number of nitrogens with zero attached hydrogens (tertiary/aromatic N) is 2. The first-order chi connectivity index (χ1) is 8.56. The topological polar surface area (TPSA) is 85.5 Å². The Bertz CT molecular complexity index is 603. The number of pyridine rings is 1. The second-order valence-electron chi connectivity index (χ2n) is 3.34. The molecule has 0 aliphatic carbocycles. The number of nitro groups is 1. The molecule has 1 aromatic carbocycles. The van der Waals surface area contributed by atoms with E-state index in [1.165, 1.54) is 18.2 Å².